The summed E-state index contributed by atoms with van der Waals surface area (Å²) in [6.07, 6.45) is -3.08. The first-order valence-electron chi connectivity index (χ1n) is 14.0. The number of aromatic nitrogens is 2. The monoisotopic (exact) mass is 611 g/mol. The zero-order chi connectivity index (χ0) is 30.9. The van der Waals surface area contributed by atoms with Gasteiger partial charge in [-0.3, -0.25) is 4.79 Å². The fraction of sp³-hybridized carbons (Fsp3) is 0.281. The molecule has 0 amide bonds. The van der Waals surface area contributed by atoms with Crippen molar-refractivity contribution in [3.8, 4) is 5.75 Å². The average Bonchev–Trinajstić information content (AvgIpc) is 3.34. The second-order valence-corrected chi connectivity index (χ2v) is 12.5. The maximum absolute atomic E-state index is 13.9. The van der Waals surface area contributed by atoms with E-state index in [1.807, 2.05) is 31.2 Å². The van der Waals surface area contributed by atoms with Gasteiger partial charge in [-0.05, 0) is 54.3 Å². The van der Waals surface area contributed by atoms with Crippen molar-refractivity contribution >= 4 is 31.8 Å². The average molecular weight is 612 g/mol. The number of benzene rings is 3. The molecule has 5 aromatic rings. The molecule has 11 heteroatoms. The minimum atomic E-state index is -4.56. The maximum Gasteiger partial charge on any atom is 0.416 e. The van der Waals surface area contributed by atoms with Crippen LogP contribution in [0.2, 0.25) is 0 Å². The summed E-state index contributed by atoms with van der Waals surface area (Å²) in [5, 5.41) is 12.8. The number of halogens is 3. The van der Waals surface area contributed by atoms with E-state index >= 15 is 0 Å². The van der Waals surface area contributed by atoms with Gasteiger partial charge in [0.25, 0.3) is 5.56 Å². The molecule has 0 saturated heterocycles. The van der Waals surface area contributed by atoms with Gasteiger partial charge >= 0.3 is 6.18 Å². The highest BCUT2D eigenvalue weighted by molar-refractivity contribution is 7.89. The third kappa shape index (κ3) is 6.05. The topological polar surface area (TPSA) is 104 Å². The number of hydrogen-bond donors (Lipinski definition) is 3. The van der Waals surface area contributed by atoms with Crippen molar-refractivity contribution in [1.29, 1.82) is 0 Å². The molecule has 5 rings (SSSR count). The Hall–Kier alpha value is -4.09. The van der Waals surface area contributed by atoms with Gasteiger partial charge in [-0.15, -0.1) is 0 Å². The van der Waals surface area contributed by atoms with Gasteiger partial charge in [0.05, 0.1) is 28.3 Å². The number of fused-ring (bicyclic) bond motifs is 2. The lowest BCUT2D eigenvalue weighted by Gasteiger charge is -2.22. The smallest absolute Gasteiger partial charge is 0.416 e. The van der Waals surface area contributed by atoms with Crippen LogP contribution in [0.15, 0.2) is 77.6 Å². The molecule has 0 bridgehead atoms. The number of aryl methyl sites for hydroxylation is 1. The fourth-order valence-corrected chi connectivity index (χ4v) is 6.81. The molecule has 1 atom stereocenters. The van der Waals surface area contributed by atoms with Crippen molar-refractivity contribution in [1.82, 2.24) is 14.3 Å². The number of unbranched alkanes of at least 4 members (excludes halogenated alkanes) is 1. The van der Waals surface area contributed by atoms with Gasteiger partial charge in [-0.25, -0.2) is 13.1 Å². The number of aromatic hydroxyl groups is 1. The standard InChI is InChI=1S/C32H32F3N3O4S/c1-3-4-19-43(41,42)36-18-17-23-22-9-5-7-11-25(22)37-29(23)27(20-13-15-21(16-14-20)32(33,34)35)28-30(39)24-10-6-8-12-26(24)38(2)31(28)40/h5-16,27,36-37,39H,3-4,17-19H2,1-2H3. The fourth-order valence-electron chi connectivity index (χ4n) is 5.58. The lowest BCUT2D eigenvalue weighted by molar-refractivity contribution is -0.137. The van der Waals surface area contributed by atoms with Crippen LogP contribution in [-0.2, 0) is 29.7 Å². The summed E-state index contributed by atoms with van der Waals surface area (Å²) in [5.41, 5.74) is 1.37. The first-order chi connectivity index (χ1) is 20.4. The number of rotatable bonds is 10. The summed E-state index contributed by atoms with van der Waals surface area (Å²) >= 11 is 0. The number of alkyl halides is 3. The molecule has 0 radical (unpaired) electrons. The van der Waals surface area contributed by atoms with Gasteiger partial charge in [-0.2, -0.15) is 13.2 Å². The van der Waals surface area contributed by atoms with E-state index in [-0.39, 0.29) is 30.0 Å². The number of para-hydroxylation sites is 2. The second kappa shape index (κ2) is 11.9. The van der Waals surface area contributed by atoms with Crippen LogP contribution < -0.4 is 10.3 Å². The number of pyridine rings is 1. The largest absolute Gasteiger partial charge is 0.507 e. The van der Waals surface area contributed by atoms with Crippen LogP contribution in [0.1, 0.15) is 53.6 Å². The van der Waals surface area contributed by atoms with E-state index in [0.717, 1.165) is 23.9 Å². The first-order valence-corrected chi connectivity index (χ1v) is 15.6. The Morgan fingerprint density at radius 2 is 1.63 bits per heavy atom. The molecule has 3 aromatic carbocycles. The Bertz CT molecular complexity index is 1950. The van der Waals surface area contributed by atoms with Crippen molar-refractivity contribution in [2.24, 2.45) is 7.05 Å². The number of H-pyrrole nitrogens is 1. The van der Waals surface area contributed by atoms with E-state index in [2.05, 4.69) is 9.71 Å². The van der Waals surface area contributed by atoms with Gasteiger partial charge in [0.2, 0.25) is 10.0 Å². The first kappa shape index (κ1) is 30.4. The number of nitrogens with zero attached hydrogens (tertiary/aromatic N) is 1. The predicted octanol–water partition coefficient (Wildman–Crippen LogP) is 6.19. The maximum atomic E-state index is 13.9. The normalized spacial score (nSPS) is 13.1. The van der Waals surface area contributed by atoms with Gasteiger partial charge < -0.3 is 14.7 Å². The van der Waals surface area contributed by atoms with E-state index in [1.165, 1.54) is 16.7 Å². The minimum Gasteiger partial charge on any atom is -0.507 e. The number of nitrogens with one attached hydrogen (secondary N) is 2. The van der Waals surface area contributed by atoms with Gasteiger partial charge in [0.1, 0.15) is 5.75 Å². The molecule has 0 aliphatic carbocycles. The molecule has 3 N–H and O–H groups in total. The van der Waals surface area contributed by atoms with Crippen molar-refractivity contribution < 1.29 is 26.7 Å². The van der Waals surface area contributed by atoms with Gasteiger partial charge in [0, 0.05) is 35.6 Å². The summed E-state index contributed by atoms with van der Waals surface area (Å²) < 4.78 is 69.5. The van der Waals surface area contributed by atoms with Crippen LogP contribution in [0.5, 0.6) is 5.75 Å². The molecule has 0 aliphatic rings. The number of sulfonamides is 1. The zero-order valence-electron chi connectivity index (χ0n) is 23.7. The zero-order valence-corrected chi connectivity index (χ0v) is 24.5. The number of aromatic amines is 1. The molecule has 0 fully saturated rings. The Kier molecular flexibility index (Phi) is 8.40. The van der Waals surface area contributed by atoms with E-state index < -0.39 is 33.2 Å². The van der Waals surface area contributed by atoms with Gasteiger partial charge in [0.15, 0.2) is 0 Å². The van der Waals surface area contributed by atoms with Crippen molar-refractivity contribution in [2.75, 3.05) is 12.3 Å². The Morgan fingerprint density at radius 3 is 2.30 bits per heavy atom. The third-order valence-corrected chi connectivity index (χ3v) is 9.24. The summed E-state index contributed by atoms with van der Waals surface area (Å²) in [6.45, 7) is 1.98. The Labute approximate surface area is 247 Å². The number of hydrogen-bond acceptors (Lipinski definition) is 4. The summed E-state index contributed by atoms with van der Waals surface area (Å²) in [6, 6.07) is 18.7. The Balaban J connectivity index is 1.73. The van der Waals surface area contributed by atoms with Crippen LogP contribution in [-0.4, -0.2) is 35.4 Å². The van der Waals surface area contributed by atoms with Crippen LogP contribution >= 0.6 is 0 Å². The lowest BCUT2D eigenvalue weighted by Crippen LogP contribution is -2.29. The second-order valence-electron chi connectivity index (χ2n) is 10.6. The molecular weight excluding hydrogens is 579 g/mol. The molecule has 2 aromatic heterocycles. The van der Waals surface area contributed by atoms with Crippen LogP contribution in [0.3, 0.4) is 0 Å². The van der Waals surface area contributed by atoms with E-state index in [0.29, 0.717) is 39.7 Å². The van der Waals surface area contributed by atoms with Crippen molar-refractivity contribution in [3.05, 3.63) is 111 Å². The van der Waals surface area contributed by atoms with Crippen LogP contribution in [0.25, 0.3) is 21.8 Å². The molecule has 0 saturated carbocycles. The molecule has 2 heterocycles. The highest BCUT2D eigenvalue weighted by Gasteiger charge is 2.33. The molecule has 1 unspecified atom stereocenters. The Morgan fingerprint density at radius 1 is 0.977 bits per heavy atom. The molecular formula is C32H32F3N3O4S. The molecule has 226 valence electrons. The molecule has 7 nitrogen and oxygen atoms in total. The van der Waals surface area contributed by atoms with E-state index in [4.69, 9.17) is 0 Å². The predicted molar refractivity (Wildman–Crippen MR) is 162 cm³/mol. The molecule has 0 aliphatic heterocycles. The quantitative estimate of drug-likeness (QED) is 0.175. The van der Waals surface area contributed by atoms with Crippen molar-refractivity contribution in [3.63, 3.8) is 0 Å². The van der Waals surface area contributed by atoms with Crippen LogP contribution in [0, 0.1) is 0 Å². The van der Waals surface area contributed by atoms with E-state index in [9.17, 15) is 31.5 Å². The molecule has 43 heavy (non-hydrogen) atoms. The molecule has 0 spiro atoms. The van der Waals surface area contributed by atoms with E-state index in [1.54, 1.807) is 31.3 Å². The lowest BCUT2D eigenvalue weighted by atomic mass is 9.84. The summed E-state index contributed by atoms with van der Waals surface area (Å²) in [4.78, 5) is 17.3. The SMILES string of the molecule is CCCCS(=O)(=O)NCCc1c(C(c2ccc(C(F)(F)F)cc2)c2c(O)c3ccccc3n(C)c2=O)[nH]c2ccccc12. The van der Waals surface area contributed by atoms with Crippen molar-refractivity contribution in [2.45, 2.75) is 38.3 Å². The highest BCUT2D eigenvalue weighted by Crippen LogP contribution is 2.41. The highest BCUT2D eigenvalue weighted by atomic mass is 32.2. The summed E-state index contributed by atoms with van der Waals surface area (Å²) in [5.74, 6) is -1.27. The third-order valence-electron chi connectivity index (χ3n) is 7.77. The summed E-state index contributed by atoms with van der Waals surface area (Å²) in [7, 11) is -1.93. The van der Waals surface area contributed by atoms with Gasteiger partial charge in [-0.1, -0.05) is 55.8 Å². The van der Waals surface area contributed by atoms with Crippen LogP contribution in [0.4, 0.5) is 13.2 Å². The minimum absolute atomic E-state index is 0.000571.